The maximum atomic E-state index is 8.73. The number of hydrogen-bond donors (Lipinski definition) is 2. The van der Waals surface area contributed by atoms with Crippen molar-refractivity contribution in [1.29, 1.82) is 0 Å². The zero-order valence-electron chi connectivity index (χ0n) is 11.5. The van der Waals surface area contributed by atoms with Gasteiger partial charge in [0.1, 0.15) is 5.82 Å². The third-order valence-corrected chi connectivity index (χ3v) is 4.15. The fourth-order valence-corrected chi connectivity index (χ4v) is 2.74. The molecule has 0 aliphatic heterocycles. The Labute approximate surface area is 122 Å². The molecule has 0 saturated heterocycles. The predicted molar refractivity (Wildman–Crippen MR) is 82.6 cm³/mol. The van der Waals surface area contributed by atoms with E-state index in [1.807, 2.05) is 13.1 Å². The maximum absolute atomic E-state index is 8.73. The zero-order valence-corrected chi connectivity index (χ0v) is 12.3. The predicted octanol–water partition coefficient (Wildman–Crippen LogP) is 2.31. The maximum Gasteiger partial charge on any atom is 0.170 e. The summed E-state index contributed by atoms with van der Waals surface area (Å²) in [6.07, 6.45) is 2.63. The molecular formula is C14H18N4OS. The van der Waals surface area contributed by atoms with Gasteiger partial charge in [-0.2, -0.15) is 0 Å². The molecule has 0 bridgehead atoms. The summed E-state index contributed by atoms with van der Waals surface area (Å²) in [5, 5.41) is 13.8. The van der Waals surface area contributed by atoms with E-state index in [0.29, 0.717) is 11.6 Å². The lowest BCUT2D eigenvalue weighted by Crippen LogP contribution is -2.31. The van der Waals surface area contributed by atoms with Crippen molar-refractivity contribution in [2.45, 2.75) is 19.4 Å². The van der Waals surface area contributed by atoms with Gasteiger partial charge < -0.3 is 15.8 Å². The topological polar surface area (TPSA) is 74.7 Å². The molecule has 0 spiro atoms. The first-order valence-electron chi connectivity index (χ1n) is 6.31. The molecule has 0 aliphatic rings. The number of rotatable bonds is 5. The first-order chi connectivity index (χ1) is 9.61. The van der Waals surface area contributed by atoms with E-state index in [9.17, 15) is 0 Å². The minimum Gasteiger partial charge on any atom is -0.409 e. The summed E-state index contributed by atoms with van der Waals surface area (Å²) in [7, 11) is 2.00. The van der Waals surface area contributed by atoms with Crippen molar-refractivity contribution >= 4 is 23.0 Å². The van der Waals surface area contributed by atoms with Crippen LogP contribution in [0, 0.1) is 0 Å². The Morgan fingerprint density at radius 2 is 2.35 bits per heavy atom. The molecule has 2 aromatic heterocycles. The van der Waals surface area contributed by atoms with Crippen LogP contribution in [-0.2, 0) is 6.42 Å². The van der Waals surface area contributed by atoms with E-state index in [1.54, 1.807) is 23.6 Å². The van der Waals surface area contributed by atoms with E-state index in [4.69, 9.17) is 10.9 Å². The van der Waals surface area contributed by atoms with Crippen LogP contribution in [-0.4, -0.2) is 29.1 Å². The summed E-state index contributed by atoms with van der Waals surface area (Å²) >= 11 is 1.76. The van der Waals surface area contributed by atoms with Gasteiger partial charge in [-0.1, -0.05) is 11.2 Å². The van der Waals surface area contributed by atoms with Gasteiger partial charge in [0, 0.05) is 36.1 Å². The standard InChI is InChI=1S/C14H18N4OS/c1-10(8-12-4-3-7-20-12)18(2)13-9-11(5-6-16-13)14(15)17-19/h3-7,9-10,19H,8H2,1-2H3,(H2,15,17). The van der Waals surface area contributed by atoms with Gasteiger partial charge in [0.25, 0.3) is 0 Å². The van der Waals surface area contributed by atoms with Gasteiger partial charge in [0.2, 0.25) is 0 Å². The highest BCUT2D eigenvalue weighted by Gasteiger charge is 2.13. The Hall–Kier alpha value is -2.08. The molecule has 2 aromatic rings. The van der Waals surface area contributed by atoms with Crippen molar-refractivity contribution in [3.05, 3.63) is 46.3 Å². The van der Waals surface area contributed by atoms with Gasteiger partial charge in [-0.25, -0.2) is 4.98 Å². The summed E-state index contributed by atoms with van der Waals surface area (Å²) in [6, 6.07) is 8.04. The number of nitrogens with two attached hydrogens (primary N) is 1. The van der Waals surface area contributed by atoms with Crippen molar-refractivity contribution in [2.75, 3.05) is 11.9 Å². The number of pyridine rings is 1. The van der Waals surface area contributed by atoms with Crippen molar-refractivity contribution in [3.8, 4) is 0 Å². The quantitative estimate of drug-likeness (QED) is 0.383. The highest BCUT2D eigenvalue weighted by molar-refractivity contribution is 7.09. The molecule has 2 rings (SSSR count). The van der Waals surface area contributed by atoms with Crippen LogP contribution in [0.25, 0.3) is 0 Å². The average molecular weight is 290 g/mol. The lowest BCUT2D eigenvalue weighted by Gasteiger charge is -2.26. The number of aromatic nitrogens is 1. The summed E-state index contributed by atoms with van der Waals surface area (Å²) in [6.45, 7) is 2.15. The normalized spacial score (nSPS) is 13.2. The molecule has 0 fully saturated rings. The van der Waals surface area contributed by atoms with Gasteiger partial charge in [-0.15, -0.1) is 11.3 Å². The fourth-order valence-electron chi connectivity index (χ4n) is 1.91. The zero-order chi connectivity index (χ0) is 14.5. The second kappa shape index (κ2) is 6.38. The number of likely N-dealkylation sites (N-methyl/N-ethyl adjacent to an activating group) is 1. The molecule has 0 amide bonds. The van der Waals surface area contributed by atoms with Crippen LogP contribution < -0.4 is 10.6 Å². The molecule has 20 heavy (non-hydrogen) atoms. The molecule has 106 valence electrons. The van der Waals surface area contributed by atoms with Gasteiger partial charge in [-0.05, 0) is 30.5 Å². The summed E-state index contributed by atoms with van der Waals surface area (Å²) in [5.41, 5.74) is 6.26. The summed E-state index contributed by atoms with van der Waals surface area (Å²) < 4.78 is 0. The number of oxime groups is 1. The van der Waals surface area contributed by atoms with Gasteiger partial charge in [0.15, 0.2) is 5.84 Å². The van der Waals surface area contributed by atoms with Crippen LogP contribution in [0.3, 0.4) is 0 Å². The number of amidine groups is 1. The van der Waals surface area contributed by atoms with Gasteiger partial charge >= 0.3 is 0 Å². The molecular weight excluding hydrogens is 272 g/mol. The SMILES string of the molecule is CC(Cc1cccs1)N(C)c1cc(C(N)=NO)ccn1. The number of anilines is 1. The Bertz CT molecular complexity index is 583. The molecule has 5 nitrogen and oxygen atoms in total. The van der Waals surface area contributed by atoms with Crippen LogP contribution in [0.5, 0.6) is 0 Å². The molecule has 0 aromatic carbocycles. The molecule has 0 aliphatic carbocycles. The van der Waals surface area contributed by atoms with Crippen molar-refractivity contribution in [3.63, 3.8) is 0 Å². The van der Waals surface area contributed by atoms with Crippen molar-refractivity contribution in [2.24, 2.45) is 10.9 Å². The lowest BCUT2D eigenvalue weighted by atomic mass is 10.1. The molecule has 0 radical (unpaired) electrons. The van der Waals surface area contributed by atoms with E-state index in [1.165, 1.54) is 4.88 Å². The van der Waals surface area contributed by atoms with Crippen LogP contribution in [0.2, 0.25) is 0 Å². The van der Waals surface area contributed by atoms with E-state index in [2.05, 4.69) is 39.5 Å². The van der Waals surface area contributed by atoms with E-state index >= 15 is 0 Å². The molecule has 1 unspecified atom stereocenters. The Balaban J connectivity index is 2.14. The highest BCUT2D eigenvalue weighted by Crippen LogP contribution is 2.18. The second-order valence-corrected chi connectivity index (χ2v) is 5.66. The van der Waals surface area contributed by atoms with Gasteiger partial charge in [0.05, 0.1) is 0 Å². The minimum absolute atomic E-state index is 0.0907. The minimum atomic E-state index is 0.0907. The molecule has 2 heterocycles. The fraction of sp³-hybridized carbons (Fsp3) is 0.286. The highest BCUT2D eigenvalue weighted by atomic mass is 32.1. The molecule has 3 N–H and O–H groups in total. The van der Waals surface area contributed by atoms with E-state index < -0.39 is 0 Å². The Morgan fingerprint density at radius 3 is 3.00 bits per heavy atom. The average Bonchev–Trinajstić information content (AvgIpc) is 2.98. The van der Waals surface area contributed by atoms with Crippen molar-refractivity contribution < 1.29 is 5.21 Å². The monoisotopic (exact) mass is 290 g/mol. The second-order valence-electron chi connectivity index (χ2n) is 4.63. The third-order valence-electron chi connectivity index (χ3n) is 3.25. The van der Waals surface area contributed by atoms with Gasteiger partial charge in [-0.3, -0.25) is 0 Å². The largest absolute Gasteiger partial charge is 0.409 e. The molecule has 0 saturated carbocycles. The van der Waals surface area contributed by atoms with Crippen molar-refractivity contribution in [1.82, 2.24) is 4.98 Å². The Morgan fingerprint density at radius 1 is 1.55 bits per heavy atom. The van der Waals surface area contributed by atoms with Crippen LogP contribution in [0.15, 0.2) is 41.0 Å². The first kappa shape index (κ1) is 14.3. The Kier molecular flexibility index (Phi) is 4.57. The summed E-state index contributed by atoms with van der Waals surface area (Å²) in [5.74, 6) is 0.895. The third kappa shape index (κ3) is 3.27. The number of nitrogens with zero attached hydrogens (tertiary/aromatic N) is 3. The van der Waals surface area contributed by atoms with E-state index in [0.717, 1.165) is 12.2 Å². The lowest BCUT2D eigenvalue weighted by molar-refractivity contribution is 0.318. The van der Waals surface area contributed by atoms with E-state index in [-0.39, 0.29) is 5.84 Å². The first-order valence-corrected chi connectivity index (χ1v) is 7.19. The molecule has 1 atom stereocenters. The summed E-state index contributed by atoms with van der Waals surface area (Å²) in [4.78, 5) is 7.78. The number of hydrogen-bond acceptors (Lipinski definition) is 5. The smallest absolute Gasteiger partial charge is 0.170 e. The van der Waals surface area contributed by atoms with Crippen LogP contribution in [0.4, 0.5) is 5.82 Å². The van der Waals surface area contributed by atoms with Crippen LogP contribution in [0.1, 0.15) is 17.4 Å². The molecule has 6 heteroatoms. The van der Waals surface area contributed by atoms with Crippen LogP contribution >= 0.6 is 11.3 Å². The number of thiophene rings is 1.